The Balaban J connectivity index is 1.38. The van der Waals surface area contributed by atoms with Crippen LogP contribution < -0.4 is 0 Å². The molecule has 204 valence electrons. The molecule has 6 rings (SSSR count). The van der Waals surface area contributed by atoms with Gasteiger partial charge in [0.2, 0.25) is 6.86 Å². The maximum absolute atomic E-state index is 17.4. The minimum atomic E-state index is -2.05. The SMILES string of the molecule is C[C@]12C=CC(=O)C=C1CC[C@H]1[C@@H]3C[C@H]4CN(Cc5ccc(F)cc5)O[C@@]4(C(=O)OCF)[C@@]3(C)C[C@H](O)[C@@]12F. The summed E-state index contributed by atoms with van der Waals surface area (Å²) in [5.74, 6) is -2.77. The van der Waals surface area contributed by atoms with Crippen molar-refractivity contribution in [3.05, 3.63) is 59.4 Å². The Kier molecular flexibility index (Phi) is 5.77. The molecule has 38 heavy (non-hydrogen) atoms. The molecule has 0 amide bonds. The molecule has 8 atom stereocenters. The molecule has 4 fully saturated rings. The highest BCUT2D eigenvalue weighted by Crippen LogP contribution is 2.72. The molecule has 0 aromatic heterocycles. The molecule has 0 bridgehead atoms. The first-order valence-corrected chi connectivity index (χ1v) is 13.2. The molecule has 1 aromatic carbocycles. The van der Waals surface area contributed by atoms with Crippen LogP contribution >= 0.6 is 0 Å². The Labute approximate surface area is 219 Å². The first-order valence-electron chi connectivity index (χ1n) is 13.2. The number of aliphatic hydroxyl groups is 1. The van der Waals surface area contributed by atoms with Crippen LogP contribution in [0.2, 0.25) is 0 Å². The van der Waals surface area contributed by atoms with E-state index in [1.807, 2.05) is 6.92 Å². The third kappa shape index (κ3) is 3.18. The van der Waals surface area contributed by atoms with E-state index in [1.54, 1.807) is 30.2 Å². The summed E-state index contributed by atoms with van der Waals surface area (Å²) in [6.45, 7) is 2.84. The first kappa shape index (κ1) is 25.8. The second-order valence-corrected chi connectivity index (χ2v) is 12.0. The van der Waals surface area contributed by atoms with Gasteiger partial charge in [0.1, 0.15) is 5.82 Å². The standard InChI is InChI=1S/C29H32F3NO5/c1-26-10-9-21(34)11-18(26)5-8-22-23-12-19-15-33(14-17-3-6-20(31)7-4-17)38-29(19,25(36)37-16-30)27(23,2)13-24(35)28(22,26)32/h3-4,6-7,9-11,19,22-24,35H,5,8,12-16H2,1-2H3/t19-,22-,23-,24-,26-,27-,28-,29-/m0/s1. The molecule has 1 aliphatic heterocycles. The number of alkyl halides is 2. The number of ether oxygens (including phenoxy) is 1. The van der Waals surface area contributed by atoms with Gasteiger partial charge in [-0.2, -0.15) is 5.06 Å². The molecule has 1 saturated heterocycles. The zero-order valence-corrected chi connectivity index (χ0v) is 21.5. The molecule has 0 radical (unpaired) electrons. The summed E-state index contributed by atoms with van der Waals surface area (Å²) in [5, 5.41) is 13.2. The summed E-state index contributed by atoms with van der Waals surface area (Å²) >= 11 is 0. The summed E-state index contributed by atoms with van der Waals surface area (Å²) in [4.78, 5) is 32.0. The zero-order valence-electron chi connectivity index (χ0n) is 21.5. The van der Waals surface area contributed by atoms with Gasteiger partial charge in [0.25, 0.3) is 0 Å². The average molecular weight is 532 g/mol. The first-order chi connectivity index (χ1) is 18.0. The van der Waals surface area contributed by atoms with Crippen LogP contribution in [0.25, 0.3) is 0 Å². The van der Waals surface area contributed by atoms with Crippen LogP contribution in [0.3, 0.4) is 0 Å². The molecule has 5 aliphatic rings. The summed E-state index contributed by atoms with van der Waals surface area (Å²) in [6, 6.07) is 5.94. The van der Waals surface area contributed by atoms with E-state index in [2.05, 4.69) is 0 Å². The van der Waals surface area contributed by atoms with E-state index in [0.717, 1.165) is 5.56 Å². The Morgan fingerprint density at radius 3 is 2.68 bits per heavy atom. The molecule has 1 heterocycles. The fourth-order valence-corrected chi connectivity index (χ4v) is 8.71. The van der Waals surface area contributed by atoms with E-state index in [1.165, 1.54) is 24.3 Å². The largest absolute Gasteiger partial charge is 0.432 e. The number of hydroxylamine groups is 2. The van der Waals surface area contributed by atoms with E-state index in [-0.39, 0.29) is 30.5 Å². The molecule has 3 saturated carbocycles. The van der Waals surface area contributed by atoms with Crippen molar-refractivity contribution in [1.82, 2.24) is 5.06 Å². The number of hydrogen-bond donors (Lipinski definition) is 1. The van der Waals surface area contributed by atoms with Crippen LogP contribution in [0, 0.1) is 34.4 Å². The summed E-state index contributed by atoms with van der Waals surface area (Å²) < 4.78 is 49.1. The minimum Gasteiger partial charge on any atom is -0.432 e. The van der Waals surface area contributed by atoms with E-state index >= 15 is 4.39 Å². The number of rotatable bonds is 4. The van der Waals surface area contributed by atoms with Gasteiger partial charge in [-0.05, 0) is 68.4 Å². The van der Waals surface area contributed by atoms with Crippen LogP contribution in [0.5, 0.6) is 0 Å². The third-order valence-corrected chi connectivity index (χ3v) is 10.5. The molecular formula is C29H32F3NO5. The molecule has 4 aliphatic carbocycles. The zero-order chi connectivity index (χ0) is 27.1. The number of nitrogens with zero attached hydrogens (tertiary/aromatic N) is 1. The smallest absolute Gasteiger partial charge is 0.343 e. The van der Waals surface area contributed by atoms with Gasteiger partial charge in [-0.15, -0.1) is 0 Å². The predicted octanol–water partition coefficient (Wildman–Crippen LogP) is 4.38. The van der Waals surface area contributed by atoms with Crippen LogP contribution in [0.1, 0.15) is 45.1 Å². The lowest BCUT2D eigenvalue weighted by atomic mass is 9.45. The summed E-state index contributed by atoms with van der Waals surface area (Å²) in [7, 11) is 0. The minimum absolute atomic E-state index is 0.0857. The van der Waals surface area contributed by atoms with Gasteiger partial charge < -0.3 is 9.84 Å². The normalized spacial score (nSPS) is 43.6. The maximum Gasteiger partial charge on any atom is 0.343 e. The van der Waals surface area contributed by atoms with Crippen molar-refractivity contribution in [2.24, 2.45) is 28.6 Å². The quantitative estimate of drug-likeness (QED) is 0.582. The average Bonchev–Trinajstić information content (AvgIpc) is 3.34. The van der Waals surface area contributed by atoms with Crippen molar-refractivity contribution in [2.45, 2.75) is 63.4 Å². The number of carbonyl (C=O) groups excluding carboxylic acids is 2. The van der Waals surface area contributed by atoms with Crippen LogP contribution in [-0.2, 0) is 25.7 Å². The van der Waals surface area contributed by atoms with E-state index in [0.29, 0.717) is 31.4 Å². The number of benzene rings is 1. The monoisotopic (exact) mass is 531 g/mol. The lowest BCUT2D eigenvalue weighted by Gasteiger charge is -2.62. The summed E-state index contributed by atoms with van der Waals surface area (Å²) in [6.07, 6.45) is 4.26. The molecule has 1 N–H and O–H groups in total. The molecule has 1 aromatic rings. The van der Waals surface area contributed by atoms with Gasteiger partial charge >= 0.3 is 5.97 Å². The molecular weight excluding hydrogens is 499 g/mol. The second-order valence-electron chi connectivity index (χ2n) is 12.0. The Morgan fingerprint density at radius 1 is 1.24 bits per heavy atom. The highest BCUT2D eigenvalue weighted by molar-refractivity contribution is 6.01. The number of allylic oxidation sites excluding steroid dienone is 4. The Bertz CT molecular complexity index is 1240. The number of halogens is 3. The number of fused-ring (bicyclic) bond motifs is 7. The fraction of sp³-hybridized carbons (Fsp3) is 0.586. The van der Waals surface area contributed by atoms with Gasteiger partial charge in [-0.1, -0.05) is 30.7 Å². The number of aliphatic hydroxyl groups excluding tert-OH is 1. The fourth-order valence-electron chi connectivity index (χ4n) is 8.71. The Morgan fingerprint density at radius 2 is 1.97 bits per heavy atom. The van der Waals surface area contributed by atoms with Gasteiger partial charge in [-0.25, -0.2) is 18.0 Å². The van der Waals surface area contributed by atoms with Crippen LogP contribution in [0.15, 0.2) is 48.1 Å². The van der Waals surface area contributed by atoms with E-state index in [9.17, 15) is 23.5 Å². The highest BCUT2D eigenvalue weighted by Gasteiger charge is 2.79. The van der Waals surface area contributed by atoms with E-state index < -0.39 is 52.9 Å². The molecule has 6 nitrogen and oxygen atoms in total. The third-order valence-electron chi connectivity index (χ3n) is 10.5. The number of ketones is 1. The number of hydrogen-bond acceptors (Lipinski definition) is 6. The second kappa shape index (κ2) is 8.50. The van der Waals surface area contributed by atoms with E-state index in [4.69, 9.17) is 9.57 Å². The maximum atomic E-state index is 17.4. The van der Waals surface area contributed by atoms with Crippen molar-refractivity contribution in [1.29, 1.82) is 0 Å². The van der Waals surface area contributed by atoms with Crippen molar-refractivity contribution < 1.29 is 37.4 Å². The topological polar surface area (TPSA) is 76.1 Å². The number of esters is 1. The van der Waals surface area contributed by atoms with Crippen molar-refractivity contribution in [3.8, 4) is 0 Å². The van der Waals surface area contributed by atoms with Crippen LogP contribution in [0.4, 0.5) is 13.2 Å². The number of carbonyl (C=O) groups is 2. The highest BCUT2D eigenvalue weighted by atomic mass is 19.1. The van der Waals surface area contributed by atoms with Crippen molar-refractivity contribution in [3.63, 3.8) is 0 Å². The summed E-state index contributed by atoms with van der Waals surface area (Å²) in [5.41, 5.74) is -4.38. The van der Waals surface area contributed by atoms with Crippen molar-refractivity contribution >= 4 is 11.8 Å². The van der Waals surface area contributed by atoms with Crippen LogP contribution in [-0.4, -0.2) is 52.7 Å². The van der Waals surface area contributed by atoms with Gasteiger partial charge in [0.05, 0.1) is 6.10 Å². The Hall–Kier alpha value is -2.49. The molecule has 0 spiro atoms. The molecule has 0 unspecified atom stereocenters. The van der Waals surface area contributed by atoms with Crippen molar-refractivity contribution in [2.75, 3.05) is 13.4 Å². The van der Waals surface area contributed by atoms with Gasteiger partial charge in [-0.3, -0.25) is 9.63 Å². The van der Waals surface area contributed by atoms with Gasteiger partial charge in [0.15, 0.2) is 17.1 Å². The van der Waals surface area contributed by atoms with Gasteiger partial charge in [0, 0.05) is 35.8 Å². The lowest BCUT2D eigenvalue weighted by molar-refractivity contribution is -0.277. The lowest BCUT2D eigenvalue weighted by Crippen LogP contribution is -2.69. The predicted molar refractivity (Wildman–Crippen MR) is 130 cm³/mol. The molecule has 9 heteroatoms.